The molecule has 0 aliphatic carbocycles. The van der Waals surface area contributed by atoms with Gasteiger partial charge in [-0.25, -0.2) is 4.79 Å². The number of rotatable bonds is 3. The number of esters is 1. The lowest BCUT2D eigenvalue weighted by atomic mass is 10.1. The van der Waals surface area contributed by atoms with Crippen LogP contribution in [0.4, 0.5) is 0 Å². The third-order valence-corrected chi connectivity index (χ3v) is 2.12. The van der Waals surface area contributed by atoms with E-state index in [1.807, 2.05) is 0 Å². The minimum absolute atomic E-state index is 0.0892. The number of carbonyl (C=O) groups excluding carboxylic acids is 2. The molecule has 1 heterocycles. The highest BCUT2D eigenvalue weighted by atomic mass is 16.5. The number of carboxylic acid groups (broad SMARTS) is 1. The van der Waals surface area contributed by atoms with Gasteiger partial charge in [0.1, 0.15) is 0 Å². The van der Waals surface area contributed by atoms with Gasteiger partial charge in [0, 0.05) is 11.3 Å². The molecule has 0 aromatic carbocycles. The van der Waals surface area contributed by atoms with E-state index in [2.05, 4.69) is 4.98 Å². The molecule has 86 valence electrons. The van der Waals surface area contributed by atoms with Crippen molar-refractivity contribution in [3.05, 3.63) is 28.6 Å². The number of aromatic nitrogens is 1. The Labute approximate surface area is 93.1 Å². The number of nitrogens with zero attached hydrogens (tertiary/aromatic N) is 1. The van der Waals surface area contributed by atoms with Crippen molar-refractivity contribution in [1.82, 2.24) is 4.98 Å². The lowest BCUT2D eigenvalue weighted by Crippen LogP contribution is -2.25. The van der Waals surface area contributed by atoms with E-state index in [1.165, 1.54) is 6.07 Å². The van der Waals surface area contributed by atoms with Gasteiger partial charge in [0.2, 0.25) is 0 Å². The SMILES string of the molecule is CCOC(=O)c1cc(C(=O)[O-])c(C)nc1C. The van der Waals surface area contributed by atoms with Gasteiger partial charge in [-0.3, -0.25) is 4.98 Å². The molecule has 0 aliphatic heterocycles. The molecule has 0 fully saturated rings. The minimum atomic E-state index is -1.35. The maximum absolute atomic E-state index is 11.5. The first-order valence-electron chi connectivity index (χ1n) is 4.84. The van der Waals surface area contributed by atoms with Crippen LogP contribution in [0.3, 0.4) is 0 Å². The number of carbonyl (C=O) groups is 2. The molecule has 5 heteroatoms. The summed E-state index contributed by atoms with van der Waals surface area (Å²) in [5, 5.41) is 10.8. The summed E-state index contributed by atoms with van der Waals surface area (Å²) in [6, 6.07) is 1.24. The summed E-state index contributed by atoms with van der Waals surface area (Å²) in [5.41, 5.74) is 0.840. The number of aryl methyl sites for hydroxylation is 2. The second-order valence-electron chi connectivity index (χ2n) is 3.26. The van der Waals surface area contributed by atoms with Crippen molar-refractivity contribution in [2.45, 2.75) is 20.8 Å². The predicted molar refractivity (Wildman–Crippen MR) is 54.0 cm³/mol. The van der Waals surface area contributed by atoms with Crippen LogP contribution in [0.1, 0.15) is 39.0 Å². The molecule has 1 aromatic rings. The molecule has 0 atom stereocenters. The van der Waals surface area contributed by atoms with E-state index in [1.54, 1.807) is 20.8 Å². The Kier molecular flexibility index (Phi) is 3.60. The molecule has 0 amide bonds. The molecule has 0 N–H and O–H groups in total. The summed E-state index contributed by atoms with van der Waals surface area (Å²) in [6.07, 6.45) is 0. The zero-order valence-electron chi connectivity index (χ0n) is 9.36. The van der Waals surface area contributed by atoms with Crippen LogP contribution in [-0.4, -0.2) is 23.5 Å². The summed E-state index contributed by atoms with van der Waals surface area (Å²) in [6.45, 7) is 5.08. The molecular formula is C11H12NO4-. The molecule has 0 aliphatic rings. The monoisotopic (exact) mass is 222 g/mol. The van der Waals surface area contributed by atoms with Crippen molar-refractivity contribution in [2.24, 2.45) is 0 Å². The highest BCUT2D eigenvalue weighted by Gasteiger charge is 2.14. The van der Waals surface area contributed by atoms with Crippen LogP contribution in [0.2, 0.25) is 0 Å². The van der Waals surface area contributed by atoms with E-state index in [-0.39, 0.29) is 17.7 Å². The molecule has 0 saturated carbocycles. The lowest BCUT2D eigenvalue weighted by Gasteiger charge is -2.11. The van der Waals surface area contributed by atoms with E-state index in [4.69, 9.17) is 4.74 Å². The summed E-state index contributed by atoms with van der Waals surface area (Å²) in [5.74, 6) is -1.93. The van der Waals surface area contributed by atoms with E-state index >= 15 is 0 Å². The average Bonchev–Trinajstić information content (AvgIpc) is 2.17. The maximum atomic E-state index is 11.5. The van der Waals surface area contributed by atoms with Gasteiger partial charge in [0.25, 0.3) is 0 Å². The molecular weight excluding hydrogens is 210 g/mol. The fourth-order valence-electron chi connectivity index (χ4n) is 1.35. The van der Waals surface area contributed by atoms with Gasteiger partial charge in [-0.15, -0.1) is 0 Å². The number of hydrogen-bond acceptors (Lipinski definition) is 5. The first kappa shape index (κ1) is 12.2. The van der Waals surface area contributed by atoms with Crippen LogP contribution in [0, 0.1) is 13.8 Å². The highest BCUT2D eigenvalue weighted by molar-refractivity contribution is 5.95. The molecule has 0 spiro atoms. The molecule has 0 unspecified atom stereocenters. The van der Waals surface area contributed by atoms with Gasteiger partial charge in [0.15, 0.2) is 0 Å². The van der Waals surface area contributed by atoms with Crippen molar-refractivity contribution < 1.29 is 19.4 Å². The number of pyridine rings is 1. The Bertz CT molecular complexity index is 440. The van der Waals surface area contributed by atoms with E-state index < -0.39 is 11.9 Å². The van der Waals surface area contributed by atoms with Gasteiger partial charge < -0.3 is 14.6 Å². The highest BCUT2D eigenvalue weighted by Crippen LogP contribution is 2.13. The van der Waals surface area contributed by atoms with Crippen molar-refractivity contribution >= 4 is 11.9 Å². The van der Waals surface area contributed by atoms with Crippen LogP contribution in [-0.2, 0) is 4.74 Å². The molecule has 5 nitrogen and oxygen atoms in total. The molecule has 0 bridgehead atoms. The number of ether oxygens (including phenoxy) is 1. The summed E-state index contributed by atoms with van der Waals surface area (Å²) in [4.78, 5) is 26.2. The Morgan fingerprint density at radius 2 is 1.88 bits per heavy atom. The molecule has 0 saturated heterocycles. The van der Waals surface area contributed by atoms with Crippen LogP contribution in [0.15, 0.2) is 6.07 Å². The topological polar surface area (TPSA) is 79.3 Å². The van der Waals surface area contributed by atoms with Crippen molar-refractivity contribution in [3.63, 3.8) is 0 Å². The van der Waals surface area contributed by atoms with Crippen LogP contribution in [0.5, 0.6) is 0 Å². The second kappa shape index (κ2) is 4.74. The standard InChI is InChI=1S/C11H13NO4/c1-4-16-11(15)9-5-8(10(13)14)6(2)12-7(9)3/h5H,4H2,1-3H3,(H,13,14)/p-1. The van der Waals surface area contributed by atoms with Crippen molar-refractivity contribution in [2.75, 3.05) is 6.61 Å². The maximum Gasteiger partial charge on any atom is 0.339 e. The third kappa shape index (κ3) is 2.36. The van der Waals surface area contributed by atoms with Crippen molar-refractivity contribution in [1.29, 1.82) is 0 Å². The van der Waals surface area contributed by atoms with Gasteiger partial charge in [0.05, 0.1) is 23.8 Å². The zero-order chi connectivity index (χ0) is 12.3. The number of hydrogen-bond donors (Lipinski definition) is 0. The van der Waals surface area contributed by atoms with E-state index in [9.17, 15) is 14.7 Å². The smallest absolute Gasteiger partial charge is 0.339 e. The second-order valence-corrected chi connectivity index (χ2v) is 3.26. The fraction of sp³-hybridized carbons (Fsp3) is 0.364. The van der Waals surface area contributed by atoms with Crippen LogP contribution >= 0.6 is 0 Å². The first-order chi connectivity index (χ1) is 7.47. The van der Waals surface area contributed by atoms with Crippen LogP contribution < -0.4 is 5.11 Å². The largest absolute Gasteiger partial charge is 0.545 e. The van der Waals surface area contributed by atoms with Gasteiger partial charge in [-0.1, -0.05) is 0 Å². The summed E-state index contributed by atoms with van der Waals surface area (Å²) < 4.78 is 4.79. The van der Waals surface area contributed by atoms with Crippen LogP contribution in [0.25, 0.3) is 0 Å². The number of aromatic carboxylic acids is 1. The third-order valence-electron chi connectivity index (χ3n) is 2.12. The van der Waals surface area contributed by atoms with Gasteiger partial charge in [-0.05, 0) is 26.8 Å². The Morgan fingerprint density at radius 1 is 1.31 bits per heavy atom. The zero-order valence-corrected chi connectivity index (χ0v) is 9.36. The number of carboxylic acids is 1. The summed E-state index contributed by atoms with van der Waals surface area (Å²) >= 11 is 0. The van der Waals surface area contributed by atoms with Crippen molar-refractivity contribution in [3.8, 4) is 0 Å². The Balaban J connectivity index is 3.24. The van der Waals surface area contributed by atoms with Gasteiger partial charge >= 0.3 is 5.97 Å². The molecule has 16 heavy (non-hydrogen) atoms. The lowest BCUT2D eigenvalue weighted by molar-refractivity contribution is -0.255. The van der Waals surface area contributed by atoms with E-state index in [0.717, 1.165) is 0 Å². The van der Waals surface area contributed by atoms with E-state index in [0.29, 0.717) is 11.4 Å². The first-order valence-corrected chi connectivity index (χ1v) is 4.84. The minimum Gasteiger partial charge on any atom is -0.545 e. The Hall–Kier alpha value is -1.91. The quantitative estimate of drug-likeness (QED) is 0.684. The molecule has 1 aromatic heterocycles. The fourth-order valence-corrected chi connectivity index (χ4v) is 1.35. The normalized spacial score (nSPS) is 9.94. The summed E-state index contributed by atoms with van der Waals surface area (Å²) in [7, 11) is 0. The van der Waals surface area contributed by atoms with Gasteiger partial charge in [-0.2, -0.15) is 0 Å². The molecule has 1 rings (SSSR count). The Morgan fingerprint density at radius 3 is 2.38 bits per heavy atom. The average molecular weight is 222 g/mol. The predicted octanol–water partition coefficient (Wildman–Crippen LogP) is 0.239. The molecule has 0 radical (unpaired) electrons.